The Kier molecular flexibility index (Phi) is 5.63. The van der Waals surface area contributed by atoms with Gasteiger partial charge in [-0.2, -0.15) is 13.2 Å². The van der Waals surface area contributed by atoms with Crippen LogP contribution in [0.4, 0.5) is 18.9 Å². The van der Waals surface area contributed by atoms with Crippen molar-refractivity contribution in [2.24, 2.45) is 0 Å². The van der Waals surface area contributed by atoms with Gasteiger partial charge in [-0.25, -0.2) is 0 Å². The maximum atomic E-state index is 13.1. The van der Waals surface area contributed by atoms with Crippen LogP contribution in [0.5, 0.6) is 5.75 Å². The van der Waals surface area contributed by atoms with Crippen LogP contribution in [0.15, 0.2) is 66.9 Å². The molecular weight excluding hydrogens is 453 g/mol. The summed E-state index contributed by atoms with van der Waals surface area (Å²) in [5, 5.41) is 3.51. The molecule has 0 bridgehead atoms. The lowest BCUT2D eigenvalue weighted by molar-refractivity contribution is -0.137. The molecule has 0 spiro atoms. The second-order valence-electron chi connectivity index (χ2n) is 8.66. The molecule has 5 rings (SSSR count). The van der Waals surface area contributed by atoms with Crippen LogP contribution in [-0.2, 0) is 17.5 Å². The molecule has 0 radical (unpaired) electrons. The van der Waals surface area contributed by atoms with E-state index >= 15 is 0 Å². The van der Waals surface area contributed by atoms with E-state index in [1.54, 1.807) is 6.08 Å². The molecular formula is C28H23F3N2O2. The zero-order valence-corrected chi connectivity index (χ0v) is 19.2. The summed E-state index contributed by atoms with van der Waals surface area (Å²) in [5.41, 5.74) is 4.33. The van der Waals surface area contributed by atoms with Gasteiger partial charge in [-0.3, -0.25) is 4.79 Å². The third-order valence-corrected chi connectivity index (χ3v) is 6.33. The van der Waals surface area contributed by atoms with Crippen molar-refractivity contribution < 1.29 is 22.7 Å². The van der Waals surface area contributed by atoms with E-state index < -0.39 is 17.6 Å². The minimum Gasteiger partial charge on any atom is -0.492 e. The SMILES string of the molecule is Cc1ccc(OCCn2cc(/C=C3/C(=O)Nc4cc(C(F)(F)F)ccc43)c3ccccc32)cc1C. The lowest BCUT2D eigenvalue weighted by Crippen LogP contribution is -2.07. The number of rotatable bonds is 5. The van der Waals surface area contributed by atoms with Crippen molar-refractivity contribution in [3.63, 3.8) is 0 Å². The van der Waals surface area contributed by atoms with Gasteiger partial charge in [0, 0.05) is 39.5 Å². The normalized spacial score (nSPS) is 14.4. The van der Waals surface area contributed by atoms with E-state index in [1.165, 1.54) is 17.2 Å². The third-order valence-electron chi connectivity index (χ3n) is 6.33. The number of ether oxygens (including phenoxy) is 1. The van der Waals surface area contributed by atoms with Gasteiger partial charge in [0.1, 0.15) is 12.4 Å². The van der Waals surface area contributed by atoms with Gasteiger partial charge in [0.15, 0.2) is 0 Å². The number of halogens is 3. The first-order valence-electron chi connectivity index (χ1n) is 11.2. The Hall–Kier alpha value is -4.00. The molecule has 0 atom stereocenters. The van der Waals surface area contributed by atoms with Gasteiger partial charge in [-0.15, -0.1) is 0 Å². The summed E-state index contributed by atoms with van der Waals surface area (Å²) in [6, 6.07) is 17.1. The number of carbonyl (C=O) groups excluding carboxylic acids is 1. The summed E-state index contributed by atoms with van der Waals surface area (Å²) in [6.07, 6.45) is -0.798. The monoisotopic (exact) mass is 476 g/mol. The fourth-order valence-electron chi connectivity index (χ4n) is 4.31. The van der Waals surface area contributed by atoms with E-state index in [0.29, 0.717) is 24.3 Å². The van der Waals surface area contributed by atoms with Crippen LogP contribution in [0.25, 0.3) is 22.6 Å². The summed E-state index contributed by atoms with van der Waals surface area (Å²) in [6.45, 7) is 5.15. The van der Waals surface area contributed by atoms with Gasteiger partial charge >= 0.3 is 6.18 Å². The molecule has 3 aromatic carbocycles. The Bertz CT molecular complexity index is 1480. The van der Waals surface area contributed by atoms with Crippen LogP contribution < -0.4 is 10.1 Å². The number of alkyl halides is 3. The van der Waals surface area contributed by atoms with Crippen LogP contribution in [-0.4, -0.2) is 17.1 Å². The summed E-state index contributed by atoms with van der Waals surface area (Å²) >= 11 is 0. The number of amides is 1. The number of nitrogens with zero attached hydrogens (tertiary/aromatic N) is 1. The molecule has 0 unspecified atom stereocenters. The standard InChI is InChI=1S/C28H23F3N2O2/c1-17-7-9-21(13-18(17)2)35-12-11-33-16-19(22-5-3-4-6-26(22)33)14-24-23-10-8-20(28(29,30)31)15-25(23)32-27(24)34/h3-10,13-16H,11-12H2,1-2H3,(H,32,34)/b24-14+. The minimum absolute atomic E-state index is 0.168. The van der Waals surface area contributed by atoms with Gasteiger partial charge in [-0.1, -0.05) is 30.3 Å². The molecule has 7 heteroatoms. The molecule has 0 aliphatic carbocycles. The van der Waals surface area contributed by atoms with Crippen molar-refractivity contribution in [2.75, 3.05) is 11.9 Å². The lowest BCUT2D eigenvalue weighted by atomic mass is 10.0. The zero-order chi connectivity index (χ0) is 24.7. The van der Waals surface area contributed by atoms with Crippen LogP contribution in [0.3, 0.4) is 0 Å². The van der Waals surface area contributed by atoms with Crippen LogP contribution >= 0.6 is 0 Å². The van der Waals surface area contributed by atoms with E-state index in [2.05, 4.69) is 16.8 Å². The van der Waals surface area contributed by atoms with Crippen LogP contribution in [0.2, 0.25) is 0 Å². The van der Waals surface area contributed by atoms with E-state index in [1.807, 2.05) is 55.6 Å². The Morgan fingerprint density at radius 2 is 1.80 bits per heavy atom. The number of benzene rings is 3. The zero-order valence-electron chi connectivity index (χ0n) is 19.2. The molecule has 35 heavy (non-hydrogen) atoms. The molecule has 4 nitrogen and oxygen atoms in total. The lowest BCUT2D eigenvalue weighted by Gasteiger charge is -2.10. The van der Waals surface area contributed by atoms with Crippen molar-refractivity contribution in [2.45, 2.75) is 26.6 Å². The molecule has 0 saturated heterocycles. The minimum atomic E-state index is -4.47. The second-order valence-corrected chi connectivity index (χ2v) is 8.66. The predicted octanol–water partition coefficient (Wildman–Crippen LogP) is 6.85. The molecule has 1 aliphatic rings. The fourth-order valence-corrected chi connectivity index (χ4v) is 4.31. The highest BCUT2D eigenvalue weighted by Gasteiger charge is 2.33. The number of hydrogen-bond acceptors (Lipinski definition) is 2. The van der Waals surface area contributed by atoms with Crippen molar-refractivity contribution in [3.05, 3.63) is 94.7 Å². The predicted molar refractivity (Wildman–Crippen MR) is 131 cm³/mol. The summed E-state index contributed by atoms with van der Waals surface area (Å²) in [5.74, 6) is 0.388. The first-order valence-corrected chi connectivity index (χ1v) is 11.2. The molecule has 2 heterocycles. The molecule has 1 aliphatic heterocycles. The third kappa shape index (κ3) is 4.41. The second kappa shape index (κ2) is 8.65. The smallest absolute Gasteiger partial charge is 0.416 e. The molecule has 0 saturated carbocycles. The molecule has 0 fully saturated rings. The van der Waals surface area contributed by atoms with Gasteiger partial charge in [-0.05, 0) is 61.4 Å². The van der Waals surface area contributed by atoms with Gasteiger partial charge < -0.3 is 14.6 Å². The average Bonchev–Trinajstić information content (AvgIpc) is 3.32. The van der Waals surface area contributed by atoms with Gasteiger partial charge in [0.25, 0.3) is 5.91 Å². The summed E-state index contributed by atoms with van der Waals surface area (Å²) < 4.78 is 47.3. The van der Waals surface area contributed by atoms with Gasteiger partial charge in [0.2, 0.25) is 0 Å². The Balaban J connectivity index is 1.44. The van der Waals surface area contributed by atoms with Crippen LogP contribution in [0.1, 0.15) is 27.8 Å². The summed E-state index contributed by atoms with van der Waals surface area (Å²) in [4.78, 5) is 12.6. The first-order chi connectivity index (χ1) is 16.7. The number of para-hydroxylation sites is 1. The Morgan fingerprint density at radius 1 is 1.00 bits per heavy atom. The van der Waals surface area contributed by atoms with Crippen molar-refractivity contribution in [3.8, 4) is 5.75 Å². The maximum absolute atomic E-state index is 13.1. The van der Waals surface area contributed by atoms with Gasteiger partial charge in [0.05, 0.1) is 12.1 Å². The number of aryl methyl sites for hydroxylation is 2. The number of hydrogen-bond donors (Lipinski definition) is 1. The molecule has 1 aromatic heterocycles. The quantitative estimate of drug-likeness (QED) is 0.320. The molecule has 178 valence electrons. The molecule has 1 N–H and O–H groups in total. The number of aromatic nitrogens is 1. The van der Waals surface area contributed by atoms with E-state index in [9.17, 15) is 18.0 Å². The largest absolute Gasteiger partial charge is 0.492 e. The van der Waals surface area contributed by atoms with Crippen molar-refractivity contribution in [1.82, 2.24) is 4.57 Å². The topological polar surface area (TPSA) is 43.3 Å². The van der Waals surface area contributed by atoms with Crippen molar-refractivity contribution in [1.29, 1.82) is 0 Å². The first kappa shape index (κ1) is 22.8. The Morgan fingerprint density at radius 3 is 2.57 bits per heavy atom. The fraction of sp³-hybridized carbons (Fsp3) is 0.179. The highest BCUT2D eigenvalue weighted by Crippen LogP contribution is 2.39. The highest BCUT2D eigenvalue weighted by atomic mass is 19.4. The van der Waals surface area contributed by atoms with E-state index in [-0.39, 0.29) is 5.69 Å². The Labute approximate surface area is 200 Å². The summed E-state index contributed by atoms with van der Waals surface area (Å²) in [7, 11) is 0. The van der Waals surface area contributed by atoms with E-state index in [0.717, 1.165) is 34.3 Å². The van der Waals surface area contributed by atoms with Crippen LogP contribution in [0, 0.1) is 13.8 Å². The molecule has 1 amide bonds. The van der Waals surface area contributed by atoms with Crippen molar-refractivity contribution >= 4 is 34.1 Å². The number of fused-ring (bicyclic) bond motifs is 2. The highest BCUT2D eigenvalue weighted by molar-refractivity contribution is 6.35. The molecule has 4 aromatic rings. The van der Waals surface area contributed by atoms with E-state index in [4.69, 9.17) is 4.74 Å². The average molecular weight is 476 g/mol. The number of nitrogens with one attached hydrogen (secondary N) is 1. The number of carbonyl (C=O) groups is 1. The number of anilines is 1. The maximum Gasteiger partial charge on any atom is 0.416 e.